The summed E-state index contributed by atoms with van der Waals surface area (Å²) in [7, 11) is 0. The van der Waals surface area contributed by atoms with Gasteiger partial charge in [0.1, 0.15) is 0 Å². The maximum absolute atomic E-state index is 11.7. The molecule has 1 unspecified atom stereocenters. The molecule has 0 radical (unpaired) electrons. The van der Waals surface area contributed by atoms with Crippen molar-refractivity contribution < 1.29 is 9.90 Å². The smallest absolute Gasteiger partial charge is 0.234 e. The van der Waals surface area contributed by atoms with E-state index >= 15 is 0 Å². The molecule has 0 fully saturated rings. The first-order chi connectivity index (χ1) is 8.12. The minimum absolute atomic E-state index is 0.118. The summed E-state index contributed by atoms with van der Waals surface area (Å²) in [5.74, 6) is -0.118. The molecule has 0 saturated carbocycles. The number of hydrogen-bond donors (Lipinski definition) is 3. The van der Waals surface area contributed by atoms with E-state index in [0.717, 1.165) is 12.1 Å². The molecule has 0 saturated heterocycles. The second kappa shape index (κ2) is 6.37. The third-order valence-corrected chi connectivity index (χ3v) is 2.68. The van der Waals surface area contributed by atoms with E-state index in [1.54, 1.807) is 0 Å². The highest BCUT2D eigenvalue weighted by molar-refractivity contribution is 5.79. The second-order valence-corrected chi connectivity index (χ2v) is 4.18. The van der Waals surface area contributed by atoms with E-state index in [4.69, 9.17) is 0 Å². The van der Waals surface area contributed by atoms with Crippen LogP contribution in [-0.2, 0) is 10.3 Å². The molecule has 0 aromatic heterocycles. The topological polar surface area (TPSA) is 61.4 Å². The molecular weight excluding hydrogens is 216 g/mol. The maximum Gasteiger partial charge on any atom is 0.234 e. The second-order valence-electron chi connectivity index (χ2n) is 4.18. The van der Waals surface area contributed by atoms with Crippen molar-refractivity contribution in [1.29, 1.82) is 0 Å². The lowest BCUT2D eigenvalue weighted by Gasteiger charge is -2.29. The van der Waals surface area contributed by atoms with E-state index in [0.29, 0.717) is 0 Å². The van der Waals surface area contributed by atoms with Crippen LogP contribution in [0.5, 0.6) is 0 Å². The Bertz CT molecular complexity index is 354. The fourth-order valence-electron chi connectivity index (χ4n) is 1.60. The highest BCUT2D eigenvalue weighted by Gasteiger charge is 2.27. The summed E-state index contributed by atoms with van der Waals surface area (Å²) in [6.07, 6.45) is 0. The van der Waals surface area contributed by atoms with Crippen molar-refractivity contribution in [3.63, 3.8) is 0 Å². The summed E-state index contributed by atoms with van der Waals surface area (Å²) in [6.45, 7) is 4.63. The van der Waals surface area contributed by atoms with E-state index in [9.17, 15) is 9.90 Å². The Morgan fingerprint density at radius 1 is 1.35 bits per heavy atom. The first-order valence-corrected chi connectivity index (χ1v) is 5.80. The Labute approximate surface area is 102 Å². The molecule has 0 bridgehead atoms. The lowest BCUT2D eigenvalue weighted by Crippen LogP contribution is -2.49. The normalized spacial score (nSPS) is 14.1. The maximum atomic E-state index is 11.7. The van der Waals surface area contributed by atoms with Gasteiger partial charge < -0.3 is 15.7 Å². The molecule has 0 heterocycles. The molecule has 0 aliphatic heterocycles. The molecule has 0 aliphatic rings. The van der Waals surface area contributed by atoms with Crippen LogP contribution in [0.4, 0.5) is 0 Å². The van der Waals surface area contributed by atoms with Gasteiger partial charge in [-0.3, -0.25) is 4.79 Å². The van der Waals surface area contributed by atoms with Crippen molar-refractivity contribution >= 4 is 5.91 Å². The zero-order valence-corrected chi connectivity index (χ0v) is 10.4. The predicted octanol–water partition coefficient (Wildman–Crippen LogP) is 0.620. The molecule has 94 valence electrons. The van der Waals surface area contributed by atoms with Gasteiger partial charge in [0, 0.05) is 0 Å². The van der Waals surface area contributed by atoms with Crippen molar-refractivity contribution in [2.45, 2.75) is 19.4 Å². The van der Waals surface area contributed by atoms with E-state index in [-0.39, 0.29) is 19.1 Å². The molecular formula is C13H20N2O2. The average molecular weight is 236 g/mol. The number of rotatable bonds is 6. The van der Waals surface area contributed by atoms with Crippen LogP contribution >= 0.6 is 0 Å². The van der Waals surface area contributed by atoms with Gasteiger partial charge in [-0.1, -0.05) is 37.3 Å². The van der Waals surface area contributed by atoms with Crippen LogP contribution in [0.25, 0.3) is 0 Å². The van der Waals surface area contributed by atoms with Crippen LogP contribution in [0, 0.1) is 0 Å². The van der Waals surface area contributed by atoms with Crippen molar-refractivity contribution in [3.8, 4) is 0 Å². The molecule has 1 aromatic carbocycles. The highest BCUT2D eigenvalue weighted by atomic mass is 16.3. The molecule has 17 heavy (non-hydrogen) atoms. The number of likely N-dealkylation sites (N-methyl/N-ethyl adjacent to an activating group) is 1. The number of nitrogens with one attached hydrogen (secondary N) is 2. The Morgan fingerprint density at radius 3 is 2.53 bits per heavy atom. The molecule has 1 aromatic rings. The molecule has 1 rings (SSSR count). The minimum Gasteiger partial charge on any atom is -0.394 e. The predicted molar refractivity (Wildman–Crippen MR) is 67.6 cm³/mol. The SMILES string of the molecule is CCNCC(=O)NC(C)(CO)c1ccccc1. The lowest BCUT2D eigenvalue weighted by atomic mass is 9.93. The minimum atomic E-state index is -0.728. The van der Waals surface area contributed by atoms with Crippen LogP contribution < -0.4 is 10.6 Å². The van der Waals surface area contributed by atoms with Gasteiger partial charge in [-0.05, 0) is 19.0 Å². The summed E-state index contributed by atoms with van der Waals surface area (Å²) < 4.78 is 0. The van der Waals surface area contributed by atoms with Gasteiger partial charge in [-0.2, -0.15) is 0 Å². The monoisotopic (exact) mass is 236 g/mol. The van der Waals surface area contributed by atoms with Crippen LogP contribution in [0.1, 0.15) is 19.4 Å². The average Bonchev–Trinajstić information content (AvgIpc) is 2.37. The van der Waals surface area contributed by atoms with Crippen LogP contribution in [-0.4, -0.2) is 30.7 Å². The number of benzene rings is 1. The van der Waals surface area contributed by atoms with Gasteiger partial charge in [0.2, 0.25) is 5.91 Å². The molecule has 0 spiro atoms. The largest absolute Gasteiger partial charge is 0.394 e. The van der Waals surface area contributed by atoms with E-state index in [1.807, 2.05) is 44.2 Å². The molecule has 1 atom stereocenters. The fraction of sp³-hybridized carbons (Fsp3) is 0.462. The fourth-order valence-corrected chi connectivity index (χ4v) is 1.60. The third-order valence-electron chi connectivity index (χ3n) is 2.68. The Morgan fingerprint density at radius 2 is 2.00 bits per heavy atom. The van der Waals surface area contributed by atoms with E-state index in [2.05, 4.69) is 10.6 Å². The van der Waals surface area contributed by atoms with Crippen molar-refractivity contribution in [1.82, 2.24) is 10.6 Å². The first kappa shape index (κ1) is 13.7. The zero-order chi connectivity index (χ0) is 12.7. The van der Waals surface area contributed by atoms with Gasteiger partial charge in [0.05, 0.1) is 18.7 Å². The van der Waals surface area contributed by atoms with E-state index in [1.165, 1.54) is 0 Å². The van der Waals surface area contributed by atoms with Gasteiger partial charge >= 0.3 is 0 Å². The number of aliphatic hydroxyl groups excluding tert-OH is 1. The number of carbonyl (C=O) groups excluding carboxylic acids is 1. The third kappa shape index (κ3) is 3.84. The highest BCUT2D eigenvalue weighted by Crippen LogP contribution is 2.19. The van der Waals surface area contributed by atoms with Crippen molar-refractivity contribution in [2.24, 2.45) is 0 Å². The molecule has 0 aliphatic carbocycles. The molecule has 3 N–H and O–H groups in total. The Kier molecular flexibility index (Phi) is 5.12. The quantitative estimate of drug-likeness (QED) is 0.678. The number of hydrogen-bond acceptors (Lipinski definition) is 3. The zero-order valence-electron chi connectivity index (χ0n) is 10.4. The van der Waals surface area contributed by atoms with Crippen LogP contribution in [0.2, 0.25) is 0 Å². The molecule has 1 amide bonds. The molecule has 4 nitrogen and oxygen atoms in total. The van der Waals surface area contributed by atoms with Gasteiger partial charge in [-0.25, -0.2) is 0 Å². The Hall–Kier alpha value is -1.39. The lowest BCUT2D eigenvalue weighted by molar-refractivity contribution is -0.122. The standard InChI is InChI=1S/C13H20N2O2/c1-3-14-9-12(17)15-13(2,10-16)11-7-5-4-6-8-11/h4-8,14,16H,3,9-10H2,1-2H3,(H,15,17). The van der Waals surface area contributed by atoms with Crippen LogP contribution in [0.15, 0.2) is 30.3 Å². The van der Waals surface area contributed by atoms with Gasteiger partial charge in [-0.15, -0.1) is 0 Å². The summed E-state index contributed by atoms with van der Waals surface area (Å²) in [6, 6.07) is 9.47. The molecule has 4 heteroatoms. The van der Waals surface area contributed by atoms with E-state index < -0.39 is 5.54 Å². The number of aliphatic hydroxyl groups is 1. The first-order valence-electron chi connectivity index (χ1n) is 5.80. The van der Waals surface area contributed by atoms with Crippen LogP contribution in [0.3, 0.4) is 0 Å². The number of amides is 1. The summed E-state index contributed by atoms with van der Waals surface area (Å²) in [5, 5.41) is 15.3. The van der Waals surface area contributed by atoms with Crippen molar-refractivity contribution in [2.75, 3.05) is 19.7 Å². The summed E-state index contributed by atoms with van der Waals surface area (Å²) >= 11 is 0. The summed E-state index contributed by atoms with van der Waals surface area (Å²) in [4.78, 5) is 11.7. The van der Waals surface area contributed by atoms with Gasteiger partial charge in [0.25, 0.3) is 0 Å². The number of carbonyl (C=O) groups is 1. The Balaban J connectivity index is 2.72. The summed E-state index contributed by atoms with van der Waals surface area (Å²) in [5.41, 5.74) is 0.167. The van der Waals surface area contributed by atoms with Crippen molar-refractivity contribution in [3.05, 3.63) is 35.9 Å². The van der Waals surface area contributed by atoms with Gasteiger partial charge in [0.15, 0.2) is 0 Å².